The number of nitrogens with two attached hydrogens (primary N) is 1. The number of rotatable bonds is 5. The number of carbonyl (C=O) groups excluding carboxylic acids is 2. The number of hydrogen-bond acceptors (Lipinski definition) is 4. The van der Waals surface area contributed by atoms with Crippen LogP contribution in [0.1, 0.15) is 26.3 Å². The molecular weight excluding hydrogens is 504 g/mol. The number of aryl methyl sites for hydroxylation is 1. The quantitative estimate of drug-likeness (QED) is 0.319. The summed E-state index contributed by atoms with van der Waals surface area (Å²) >= 11 is 0. The van der Waals surface area contributed by atoms with E-state index >= 15 is 0 Å². The highest BCUT2D eigenvalue weighted by molar-refractivity contribution is 6.09. The number of nitrogens with zero attached hydrogens (tertiary/aromatic N) is 4. The molecule has 3 aromatic carbocycles. The lowest BCUT2D eigenvalue weighted by Crippen LogP contribution is -2.18. The third-order valence-corrected chi connectivity index (χ3v) is 5.84. The van der Waals surface area contributed by atoms with Crippen LogP contribution in [-0.2, 0) is 13.2 Å². The van der Waals surface area contributed by atoms with Crippen molar-refractivity contribution in [3.05, 3.63) is 95.4 Å². The molecule has 2 aromatic heterocycles. The monoisotopic (exact) mass is 522 g/mol. The van der Waals surface area contributed by atoms with E-state index in [9.17, 15) is 27.2 Å². The van der Waals surface area contributed by atoms with Crippen molar-refractivity contribution in [2.24, 2.45) is 12.8 Å². The molecule has 5 aromatic rings. The third-order valence-electron chi connectivity index (χ3n) is 5.84. The van der Waals surface area contributed by atoms with Gasteiger partial charge in [-0.3, -0.25) is 14.3 Å². The van der Waals surface area contributed by atoms with Crippen LogP contribution in [0.2, 0.25) is 0 Å². The summed E-state index contributed by atoms with van der Waals surface area (Å²) in [7, 11) is 1.52. The Bertz CT molecular complexity index is 1710. The standard InChI is InChI=1S/C26H18F4N6O2/c1-35-10-9-21(33-35)17-12-18(20(27)13-19(17)26(28,29)30)25(38)32-24-16-8-7-14(23(31)37)11-22(16)34-36(24)15-5-3-2-4-6-15/h2-13H,1H3,(H2,31,37)(H,32,38). The molecule has 0 saturated heterocycles. The summed E-state index contributed by atoms with van der Waals surface area (Å²) in [6.45, 7) is 0. The Balaban J connectivity index is 1.64. The lowest BCUT2D eigenvalue weighted by atomic mass is 9.99. The average Bonchev–Trinajstić information content (AvgIpc) is 3.47. The second-order valence-corrected chi connectivity index (χ2v) is 8.40. The van der Waals surface area contributed by atoms with E-state index in [1.807, 2.05) is 0 Å². The van der Waals surface area contributed by atoms with E-state index in [1.165, 1.54) is 46.9 Å². The van der Waals surface area contributed by atoms with Crippen LogP contribution >= 0.6 is 0 Å². The van der Waals surface area contributed by atoms with Gasteiger partial charge in [-0.2, -0.15) is 23.4 Å². The third kappa shape index (κ3) is 4.47. The maximum Gasteiger partial charge on any atom is 0.417 e. The van der Waals surface area contributed by atoms with Crippen molar-refractivity contribution in [1.29, 1.82) is 0 Å². The first-order valence-corrected chi connectivity index (χ1v) is 11.1. The minimum absolute atomic E-state index is 0.0763. The summed E-state index contributed by atoms with van der Waals surface area (Å²) in [6, 6.07) is 15.5. The molecule has 3 N–H and O–H groups in total. The minimum Gasteiger partial charge on any atom is -0.366 e. The number of aromatic nitrogens is 4. The van der Waals surface area contributed by atoms with Crippen molar-refractivity contribution in [1.82, 2.24) is 19.6 Å². The van der Waals surface area contributed by atoms with E-state index in [0.29, 0.717) is 16.6 Å². The van der Waals surface area contributed by atoms with Gasteiger partial charge in [-0.05, 0) is 48.5 Å². The molecule has 0 atom stereocenters. The summed E-state index contributed by atoms with van der Waals surface area (Å²) in [5, 5.41) is 11.4. The molecule has 5 rings (SSSR count). The molecule has 0 unspecified atom stereocenters. The molecule has 8 nitrogen and oxygen atoms in total. The Morgan fingerprint density at radius 2 is 1.71 bits per heavy atom. The van der Waals surface area contributed by atoms with Gasteiger partial charge in [0.1, 0.15) is 11.6 Å². The zero-order chi connectivity index (χ0) is 27.2. The molecule has 0 aliphatic carbocycles. The number of nitrogens with one attached hydrogen (secondary N) is 1. The Morgan fingerprint density at radius 1 is 0.974 bits per heavy atom. The largest absolute Gasteiger partial charge is 0.417 e. The topological polar surface area (TPSA) is 108 Å². The molecule has 2 heterocycles. The van der Waals surface area contributed by atoms with Gasteiger partial charge in [0.15, 0.2) is 0 Å². The smallest absolute Gasteiger partial charge is 0.366 e. The van der Waals surface area contributed by atoms with Crippen LogP contribution in [0.4, 0.5) is 23.4 Å². The predicted octanol–water partition coefficient (Wildman–Crippen LogP) is 4.94. The van der Waals surface area contributed by atoms with Gasteiger partial charge in [0.05, 0.1) is 28.0 Å². The van der Waals surface area contributed by atoms with Crippen LogP contribution < -0.4 is 11.1 Å². The number of alkyl halides is 3. The molecule has 0 spiro atoms. The summed E-state index contributed by atoms with van der Waals surface area (Å²) in [6.07, 6.45) is -3.45. The molecule has 38 heavy (non-hydrogen) atoms. The van der Waals surface area contributed by atoms with Crippen molar-refractivity contribution in [2.75, 3.05) is 5.32 Å². The van der Waals surface area contributed by atoms with Crippen LogP contribution in [0.5, 0.6) is 0 Å². The van der Waals surface area contributed by atoms with Crippen LogP contribution in [0.25, 0.3) is 27.8 Å². The molecule has 0 radical (unpaired) electrons. The normalized spacial score (nSPS) is 11.6. The van der Waals surface area contributed by atoms with E-state index in [1.54, 1.807) is 30.3 Å². The number of benzene rings is 3. The highest BCUT2D eigenvalue weighted by Crippen LogP contribution is 2.38. The molecule has 12 heteroatoms. The number of primary amides is 1. The van der Waals surface area contributed by atoms with E-state index < -0.39 is 40.5 Å². The van der Waals surface area contributed by atoms with Gasteiger partial charge in [0.2, 0.25) is 5.91 Å². The maximum atomic E-state index is 15.0. The fourth-order valence-corrected chi connectivity index (χ4v) is 4.04. The summed E-state index contributed by atoms with van der Waals surface area (Å²) in [4.78, 5) is 25.0. The van der Waals surface area contributed by atoms with E-state index in [0.717, 1.165) is 6.07 Å². The fraction of sp³-hybridized carbons (Fsp3) is 0.0769. The lowest BCUT2D eigenvalue weighted by Gasteiger charge is -2.15. The zero-order valence-corrected chi connectivity index (χ0v) is 19.6. The Morgan fingerprint density at radius 3 is 2.34 bits per heavy atom. The maximum absolute atomic E-state index is 15.0. The van der Waals surface area contributed by atoms with Gasteiger partial charge in [-0.25, -0.2) is 9.07 Å². The number of anilines is 1. The number of carbonyl (C=O) groups is 2. The van der Waals surface area contributed by atoms with Crippen LogP contribution in [0, 0.1) is 5.82 Å². The molecular formula is C26H18F4N6O2. The predicted molar refractivity (Wildman–Crippen MR) is 131 cm³/mol. The Labute approximate surface area is 212 Å². The van der Waals surface area contributed by atoms with Crippen molar-refractivity contribution in [3.8, 4) is 16.9 Å². The average molecular weight is 522 g/mol. The molecule has 0 bridgehead atoms. The van der Waals surface area contributed by atoms with E-state index in [2.05, 4.69) is 15.5 Å². The van der Waals surface area contributed by atoms with Gasteiger partial charge in [-0.15, -0.1) is 0 Å². The molecule has 192 valence electrons. The molecule has 0 aliphatic heterocycles. The summed E-state index contributed by atoms with van der Waals surface area (Å²) < 4.78 is 58.8. The van der Waals surface area contributed by atoms with Crippen LogP contribution in [0.15, 0.2) is 72.9 Å². The van der Waals surface area contributed by atoms with Gasteiger partial charge in [0, 0.05) is 29.8 Å². The van der Waals surface area contributed by atoms with Crippen LogP contribution in [0.3, 0.4) is 0 Å². The molecule has 0 fully saturated rings. The lowest BCUT2D eigenvalue weighted by molar-refractivity contribution is -0.137. The first-order valence-electron chi connectivity index (χ1n) is 11.1. The number of para-hydroxylation sites is 1. The minimum atomic E-state index is -4.89. The van der Waals surface area contributed by atoms with Gasteiger partial charge in [-0.1, -0.05) is 18.2 Å². The summed E-state index contributed by atoms with van der Waals surface area (Å²) in [5.41, 5.74) is 3.98. The number of hydrogen-bond donors (Lipinski definition) is 2. The molecule has 0 aliphatic rings. The Hall–Kier alpha value is -5.00. The van der Waals surface area contributed by atoms with Crippen molar-refractivity contribution < 1.29 is 27.2 Å². The zero-order valence-electron chi connectivity index (χ0n) is 19.6. The van der Waals surface area contributed by atoms with Crippen molar-refractivity contribution in [2.45, 2.75) is 6.18 Å². The number of halogens is 4. The van der Waals surface area contributed by atoms with Crippen molar-refractivity contribution in [3.63, 3.8) is 0 Å². The molecule has 2 amide bonds. The first-order chi connectivity index (χ1) is 18.0. The second kappa shape index (κ2) is 9.14. The second-order valence-electron chi connectivity index (χ2n) is 8.40. The van der Waals surface area contributed by atoms with Crippen molar-refractivity contribution >= 4 is 28.5 Å². The van der Waals surface area contributed by atoms with Gasteiger partial charge in [0.25, 0.3) is 5.91 Å². The highest BCUT2D eigenvalue weighted by atomic mass is 19.4. The SMILES string of the molecule is Cn1ccc(-c2cc(C(=O)Nc3c4ccc(C(N)=O)cc4nn3-c3ccccc3)c(F)cc2C(F)(F)F)n1. The molecule has 0 saturated carbocycles. The van der Waals surface area contributed by atoms with E-state index in [4.69, 9.17) is 5.73 Å². The van der Waals surface area contributed by atoms with Crippen LogP contribution in [-0.4, -0.2) is 31.4 Å². The highest BCUT2D eigenvalue weighted by Gasteiger charge is 2.36. The summed E-state index contributed by atoms with van der Waals surface area (Å²) in [5.74, 6) is -2.93. The van der Waals surface area contributed by atoms with Gasteiger partial charge < -0.3 is 11.1 Å². The van der Waals surface area contributed by atoms with E-state index in [-0.39, 0.29) is 23.1 Å². The Kier molecular flexibility index (Phi) is 5.94. The number of fused-ring (bicyclic) bond motifs is 1. The fourth-order valence-electron chi connectivity index (χ4n) is 4.04. The number of amides is 2. The van der Waals surface area contributed by atoms with Gasteiger partial charge >= 0.3 is 6.18 Å². The first kappa shape index (κ1) is 24.7.